The Morgan fingerprint density at radius 1 is 1.30 bits per heavy atom. The Morgan fingerprint density at radius 3 is 2.39 bits per heavy atom. The van der Waals surface area contributed by atoms with E-state index in [-0.39, 0.29) is 22.9 Å². The second kappa shape index (κ2) is 6.34. The van der Waals surface area contributed by atoms with Crippen molar-refractivity contribution in [3.05, 3.63) is 35.9 Å². The van der Waals surface area contributed by atoms with E-state index in [2.05, 4.69) is 25.8 Å². The van der Waals surface area contributed by atoms with Crippen molar-refractivity contribution in [2.45, 2.75) is 59.2 Å². The predicted molar refractivity (Wildman–Crippen MR) is 93.4 cm³/mol. The first-order chi connectivity index (χ1) is 10.6. The molecule has 2 rings (SSSR count). The third-order valence-corrected chi connectivity index (χ3v) is 3.99. The van der Waals surface area contributed by atoms with E-state index in [1.165, 1.54) is 0 Å². The third-order valence-electron chi connectivity index (χ3n) is 3.99. The number of rotatable bonds is 4. The molecule has 1 unspecified atom stereocenters. The van der Waals surface area contributed by atoms with Crippen LogP contribution in [-0.4, -0.2) is 34.4 Å². The lowest BCUT2D eigenvalue weighted by molar-refractivity contribution is -0.139. The fraction of sp³-hybridized carbons (Fsp3) is 0.579. The fourth-order valence-electron chi connectivity index (χ4n) is 2.59. The molecule has 1 aromatic rings. The summed E-state index contributed by atoms with van der Waals surface area (Å²) in [5.74, 6) is 0.250. The number of carbonyl (C=O) groups excluding carboxylic acids is 1. The van der Waals surface area contributed by atoms with E-state index in [0.717, 1.165) is 5.56 Å². The quantitative estimate of drug-likeness (QED) is 0.850. The van der Waals surface area contributed by atoms with Gasteiger partial charge in [0.1, 0.15) is 12.5 Å². The summed E-state index contributed by atoms with van der Waals surface area (Å²) in [6.45, 7) is 13.2. The van der Waals surface area contributed by atoms with Crippen LogP contribution in [0.4, 0.5) is 0 Å². The molecule has 0 N–H and O–H groups in total. The van der Waals surface area contributed by atoms with Gasteiger partial charge in [0.15, 0.2) is 5.90 Å². The fourth-order valence-corrected chi connectivity index (χ4v) is 2.59. The lowest BCUT2D eigenvalue weighted by Gasteiger charge is -2.37. The average molecular weight is 316 g/mol. The van der Waals surface area contributed by atoms with E-state index in [9.17, 15) is 4.79 Å². The molecule has 0 radical (unpaired) electrons. The van der Waals surface area contributed by atoms with Crippen LogP contribution in [0.2, 0.25) is 0 Å². The minimum absolute atomic E-state index is 0.0535. The van der Waals surface area contributed by atoms with Crippen molar-refractivity contribution in [3.63, 3.8) is 0 Å². The topological polar surface area (TPSA) is 41.9 Å². The summed E-state index contributed by atoms with van der Waals surface area (Å²) in [5.41, 5.74) is 0.615. The van der Waals surface area contributed by atoms with Gasteiger partial charge in [-0.05, 0) is 47.1 Å². The lowest BCUT2D eigenvalue weighted by Crippen LogP contribution is -2.48. The van der Waals surface area contributed by atoms with Crippen molar-refractivity contribution in [2.75, 3.05) is 6.61 Å². The molecular formula is C19H28N2O2. The van der Waals surface area contributed by atoms with Crippen LogP contribution in [0.1, 0.15) is 47.1 Å². The Bertz CT molecular complexity index is 585. The highest BCUT2D eigenvalue weighted by Gasteiger charge is 2.36. The molecule has 0 bridgehead atoms. The van der Waals surface area contributed by atoms with Crippen LogP contribution < -0.4 is 0 Å². The molecule has 23 heavy (non-hydrogen) atoms. The second-order valence-corrected chi connectivity index (χ2v) is 7.85. The predicted octanol–water partition coefficient (Wildman–Crippen LogP) is 3.66. The first-order valence-corrected chi connectivity index (χ1v) is 8.18. The van der Waals surface area contributed by atoms with Crippen LogP contribution in [0.15, 0.2) is 35.3 Å². The van der Waals surface area contributed by atoms with Gasteiger partial charge in [0.2, 0.25) is 5.91 Å². The minimum atomic E-state index is -0.361. The number of nitrogens with zero attached hydrogens (tertiary/aromatic N) is 2. The molecule has 1 aliphatic rings. The minimum Gasteiger partial charge on any atom is -0.478 e. The third kappa shape index (κ3) is 4.34. The molecule has 0 spiro atoms. The monoisotopic (exact) mass is 316 g/mol. The van der Waals surface area contributed by atoms with Gasteiger partial charge in [0, 0.05) is 12.1 Å². The van der Waals surface area contributed by atoms with Gasteiger partial charge in [-0.2, -0.15) is 0 Å². The van der Waals surface area contributed by atoms with Crippen molar-refractivity contribution in [1.29, 1.82) is 0 Å². The van der Waals surface area contributed by atoms with E-state index in [1.54, 1.807) is 0 Å². The van der Waals surface area contributed by atoms with Crippen LogP contribution in [-0.2, 0) is 16.1 Å². The normalized spacial score (nSPS) is 18.1. The maximum Gasteiger partial charge on any atom is 0.235 e. The van der Waals surface area contributed by atoms with E-state index in [0.29, 0.717) is 19.0 Å². The summed E-state index contributed by atoms with van der Waals surface area (Å²) in [5, 5.41) is 0. The molecular weight excluding hydrogens is 288 g/mol. The summed E-state index contributed by atoms with van der Waals surface area (Å²) in [4.78, 5) is 19.5. The molecule has 1 aromatic carbocycles. The molecule has 1 amide bonds. The number of hydrogen-bond donors (Lipinski definition) is 0. The number of carbonyl (C=O) groups is 1. The number of ether oxygens (including phenoxy) is 1. The zero-order valence-electron chi connectivity index (χ0n) is 15.1. The van der Waals surface area contributed by atoms with Crippen molar-refractivity contribution in [3.8, 4) is 0 Å². The number of aliphatic imine (C=N–C) groups is 1. The Labute approximate surface area is 139 Å². The standard InChI is InChI=1S/C19H28N2O2/c1-14(16-20-19(5,6)13-23-16)17(22)21(18(2,3)4)12-15-10-8-7-9-11-15/h7-11,14H,12-13H2,1-6H3. The Hall–Kier alpha value is -1.84. The maximum absolute atomic E-state index is 13.1. The van der Waals surface area contributed by atoms with Gasteiger partial charge in [0.05, 0.1) is 5.54 Å². The molecule has 0 saturated carbocycles. The van der Waals surface area contributed by atoms with Crippen LogP contribution in [0.25, 0.3) is 0 Å². The Balaban J connectivity index is 2.21. The van der Waals surface area contributed by atoms with Gasteiger partial charge < -0.3 is 9.64 Å². The Morgan fingerprint density at radius 2 is 1.91 bits per heavy atom. The van der Waals surface area contributed by atoms with Crippen molar-refractivity contribution >= 4 is 11.8 Å². The summed E-state index contributed by atoms with van der Waals surface area (Å²) in [6.07, 6.45) is 0. The molecule has 1 aliphatic heterocycles. The molecule has 0 fully saturated rings. The number of amides is 1. The molecule has 1 heterocycles. The first kappa shape index (κ1) is 17.5. The van der Waals surface area contributed by atoms with E-state index < -0.39 is 0 Å². The van der Waals surface area contributed by atoms with Gasteiger partial charge in [0.25, 0.3) is 0 Å². The average Bonchev–Trinajstić information content (AvgIpc) is 2.83. The largest absolute Gasteiger partial charge is 0.478 e. The molecule has 0 aliphatic carbocycles. The van der Waals surface area contributed by atoms with E-state index in [1.807, 2.05) is 56.0 Å². The van der Waals surface area contributed by atoms with Crippen LogP contribution in [0.3, 0.4) is 0 Å². The highest BCUT2D eigenvalue weighted by atomic mass is 16.5. The highest BCUT2D eigenvalue weighted by molar-refractivity contribution is 6.00. The van der Waals surface area contributed by atoms with Crippen LogP contribution >= 0.6 is 0 Å². The number of benzene rings is 1. The summed E-state index contributed by atoms with van der Waals surface area (Å²) in [7, 11) is 0. The maximum atomic E-state index is 13.1. The molecule has 4 nitrogen and oxygen atoms in total. The van der Waals surface area contributed by atoms with E-state index in [4.69, 9.17) is 4.74 Å². The van der Waals surface area contributed by atoms with Crippen LogP contribution in [0, 0.1) is 5.92 Å². The smallest absolute Gasteiger partial charge is 0.235 e. The number of hydrogen-bond acceptors (Lipinski definition) is 3. The SMILES string of the molecule is CC(C(=O)N(Cc1ccccc1)C(C)(C)C)C1=NC(C)(C)CO1. The lowest BCUT2D eigenvalue weighted by atomic mass is 10.0. The first-order valence-electron chi connectivity index (χ1n) is 8.18. The van der Waals surface area contributed by atoms with Gasteiger partial charge in [-0.1, -0.05) is 30.3 Å². The summed E-state index contributed by atoms with van der Waals surface area (Å²) >= 11 is 0. The molecule has 0 saturated heterocycles. The van der Waals surface area contributed by atoms with Crippen molar-refractivity contribution in [2.24, 2.45) is 10.9 Å². The van der Waals surface area contributed by atoms with Gasteiger partial charge in [-0.15, -0.1) is 0 Å². The summed E-state index contributed by atoms with van der Waals surface area (Å²) in [6, 6.07) is 10.1. The zero-order chi connectivity index (χ0) is 17.3. The molecule has 126 valence electrons. The molecule has 1 atom stereocenters. The van der Waals surface area contributed by atoms with Gasteiger partial charge in [-0.3, -0.25) is 4.79 Å². The highest BCUT2D eigenvalue weighted by Crippen LogP contribution is 2.25. The second-order valence-electron chi connectivity index (χ2n) is 7.85. The van der Waals surface area contributed by atoms with E-state index >= 15 is 0 Å². The molecule has 4 heteroatoms. The van der Waals surface area contributed by atoms with Crippen molar-refractivity contribution < 1.29 is 9.53 Å². The molecule has 0 aromatic heterocycles. The van der Waals surface area contributed by atoms with Gasteiger partial charge in [-0.25, -0.2) is 4.99 Å². The van der Waals surface area contributed by atoms with Crippen molar-refractivity contribution in [1.82, 2.24) is 4.90 Å². The van der Waals surface area contributed by atoms with Gasteiger partial charge >= 0.3 is 0 Å². The Kier molecular flexibility index (Phi) is 4.83. The zero-order valence-corrected chi connectivity index (χ0v) is 15.1. The summed E-state index contributed by atoms with van der Waals surface area (Å²) < 4.78 is 5.67. The van der Waals surface area contributed by atoms with Crippen LogP contribution in [0.5, 0.6) is 0 Å².